The molecule has 2 aromatic heterocycles. The van der Waals surface area contributed by atoms with Crippen LogP contribution in [0.25, 0.3) is 20.3 Å². The fourth-order valence-electron chi connectivity index (χ4n) is 1.77. The van der Waals surface area contributed by atoms with Crippen molar-refractivity contribution >= 4 is 28.4 Å². The summed E-state index contributed by atoms with van der Waals surface area (Å²) in [6.07, 6.45) is 0. The van der Waals surface area contributed by atoms with Gasteiger partial charge in [0.05, 0.1) is 16.9 Å². The average molecular weight is 288 g/mol. The van der Waals surface area contributed by atoms with Crippen LogP contribution in [0.2, 0.25) is 0 Å². The highest BCUT2D eigenvalue weighted by molar-refractivity contribution is 7.23. The fraction of sp³-hybridized carbons (Fsp3) is 0.0714. The number of thiazole rings is 1. The second-order valence-electron chi connectivity index (χ2n) is 3.96. The molecule has 2 heterocycles. The summed E-state index contributed by atoms with van der Waals surface area (Å²) >= 11 is 3.31. The molecule has 19 heavy (non-hydrogen) atoms. The van der Waals surface area contributed by atoms with Crippen LogP contribution in [0.5, 0.6) is 5.88 Å². The molecule has 1 aromatic carbocycles. The van der Waals surface area contributed by atoms with Crippen molar-refractivity contribution < 1.29 is 4.74 Å². The first kappa shape index (κ1) is 12.2. The Balaban J connectivity index is 2.08. The molecule has 0 amide bonds. The molecule has 0 radical (unpaired) electrons. The highest BCUT2D eigenvalue weighted by Gasteiger charge is 2.15. The molecule has 0 aliphatic rings. The van der Waals surface area contributed by atoms with Crippen molar-refractivity contribution in [2.24, 2.45) is 0 Å². The van der Waals surface area contributed by atoms with Crippen LogP contribution in [-0.2, 0) is 0 Å². The molecule has 0 unspecified atom stereocenters. The van der Waals surface area contributed by atoms with Crippen molar-refractivity contribution in [3.05, 3.63) is 41.8 Å². The Labute approximate surface area is 119 Å². The van der Waals surface area contributed by atoms with E-state index in [1.807, 2.05) is 35.7 Å². The smallest absolute Gasteiger partial charge is 0.232 e. The molecule has 0 saturated carbocycles. The molecule has 0 fully saturated rings. The van der Waals surface area contributed by atoms with Gasteiger partial charge in [0.2, 0.25) is 5.88 Å². The van der Waals surface area contributed by atoms with E-state index in [9.17, 15) is 0 Å². The lowest BCUT2D eigenvalue weighted by Crippen LogP contribution is -1.86. The van der Waals surface area contributed by atoms with E-state index in [2.05, 4.69) is 11.1 Å². The predicted octanol–water partition coefficient (Wildman–Crippen LogP) is 4.13. The number of anilines is 1. The predicted molar refractivity (Wildman–Crippen MR) is 81.8 cm³/mol. The summed E-state index contributed by atoms with van der Waals surface area (Å²) in [5.41, 5.74) is 7.55. The van der Waals surface area contributed by atoms with Gasteiger partial charge in [-0.25, -0.2) is 4.98 Å². The maximum Gasteiger partial charge on any atom is 0.232 e. The molecule has 3 aromatic rings. The van der Waals surface area contributed by atoms with Gasteiger partial charge < -0.3 is 10.5 Å². The molecular formula is C14H12N2OS2. The lowest BCUT2D eigenvalue weighted by Gasteiger charge is -2.00. The van der Waals surface area contributed by atoms with Gasteiger partial charge in [0.25, 0.3) is 0 Å². The minimum absolute atomic E-state index is 0.665. The van der Waals surface area contributed by atoms with E-state index in [1.165, 1.54) is 0 Å². The quantitative estimate of drug-likeness (QED) is 0.737. The lowest BCUT2D eigenvalue weighted by atomic mass is 10.2. The monoisotopic (exact) mass is 288 g/mol. The largest absolute Gasteiger partial charge is 0.480 e. The van der Waals surface area contributed by atoms with Gasteiger partial charge >= 0.3 is 0 Å². The zero-order valence-electron chi connectivity index (χ0n) is 10.3. The molecule has 3 rings (SSSR count). The minimum Gasteiger partial charge on any atom is -0.480 e. The van der Waals surface area contributed by atoms with Crippen LogP contribution in [0.3, 0.4) is 0 Å². The number of hydrogen-bond donors (Lipinski definition) is 1. The van der Waals surface area contributed by atoms with Gasteiger partial charge in [-0.15, -0.1) is 22.7 Å². The topological polar surface area (TPSA) is 48.1 Å². The maximum atomic E-state index is 5.72. The SMILES string of the molecule is COc1nc(-c2cccs2)sc1-c1ccc(N)cc1. The Bertz CT molecular complexity index is 672. The summed E-state index contributed by atoms with van der Waals surface area (Å²) in [4.78, 5) is 6.74. The first-order valence-electron chi connectivity index (χ1n) is 5.72. The van der Waals surface area contributed by atoms with Gasteiger partial charge in [-0.1, -0.05) is 18.2 Å². The van der Waals surface area contributed by atoms with E-state index in [0.717, 1.165) is 26.0 Å². The van der Waals surface area contributed by atoms with E-state index in [1.54, 1.807) is 29.8 Å². The number of rotatable bonds is 3. The second kappa shape index (κ2) is 5.03. The van der Waals surface area contributed by atoms with Crippen molar-refractivity contribution in [2.45, 2.75) is 0 Å². The zero-order valence-corrected chi connectivity index (χ0v) is 11.9. The fourth-order valence-corrected chi connectivity index (χ4v) is 3.60. The van der Waals surface area contributed by atoms with Gasteiger partial charge in [0.1, 0.15) is 5.01 Å². The van der Waals surface area contributed by atoms with Crippen molar-refractivity contribution in [2.75, 3.05) is 12.8 Å². The van der Waals surface area contributed by atoms with Crippen LogP contribution in [0.4, 0.5) is 5.69 Å². The van der Waals surface area contributed by atoms with E-state index < -0.39 is 0 Å². The highest BCUT2D eigenvalue weighted by Crippen LogP contribution is 2.41. The molecule has 0 atom stereocenters. The number of thiophene rings is 1. The van der Waals surface area contributed by atoms with Crippen LogP contribution in [-0.4, -0.2) is 12.1 Å². The van der Waals surface area contributed by atoms with Crippen LogP contribution < -0.4 is 10.5 Å². The summed E-state index contributed by atoms with van der Waals surface area (Å²) in [6.45, 7) is 0. The third kappa shape index (κ3) is 2.34. The third-order valence-electron chi connectivity index (χ3n) is 2.69. The van der Waals surface area contributed by atoms with Gasteiger partial charge in [-0.2, -0.15) is 0 Å². The molecule has 3 nitrogen and oxygen atoms in total. The van der Waals surface area contributed by atoms with E-state index in [4.69, 9.17) is 10.5 Å². The molecule has 0 aliphatic carbocycles. The van der Waals surface area contributed by atoms with Gasteiger partial charge in [0.15, 0.2) is 0 Å². The Morgan fingerprint density at radius 1 is 1.16 bits per heavy atom. The van der Waals surface area contributed by atoms with Crippen molar-refractivity contribution in [1.82, 2.24) is 4.98 Å². The minimum atomic E-state index is 0.665. The van der Waals surface area contributed by atoms with Crippen LogP contribution >= 0.6 is 22.7 Å². The van der Waals surface area contributed by atoms with Gasteiger partial charge in [-0.05, 0) is 29.1 Å². The maximum absolute atomic E-state index is 5.72. The molecule has 2 N–H and O–H groups in total. The van der Waals surface area contributed by atoms with Crippen molar-refractivity contribution in [3.8, 4) is 26.2 Å². The molecule has 0 bridgehead atoms. The number of methoxy groups -OCH3 is 1. The van der Waals surface area contributed by atoms with Crippen LogP contribution in [0, 0.1) is 0 Å². The van der Waals surface area contributed by atoms with Crippen LogP contribution in [0.15, 0.2) is 41.8 Å². The number of benzene rings is 1. The molecule has 96 valence electrons. The summed E-state index contributed by atoms with van der Waals surface area (Å²) in [5.74, 6) is 0.665. The summed E-state index contributed by atoms with van der Waals surface area (Å²) in [7, 11) is 1.65. The lowest BCUT2D eigenvalue weighted by molar-refractivity contribution is 0.402. The Morgan fingerprint density at radius 2 is 1.95 bits per heavy atom. The zero-order chi connectivity index (χ0) is 13.2. The standard InChI is InChI=1S/C14H12N2OS2/c1-17-13-12(9-4-6-10(15)7-5-9)19-14(16-13)11-3-2-8-18-11/h2-8H,15H2,1H3. The molecular weight excluding hydrogens is 276 g/mol. The molecule has 0 aliphatic heterocycles. The third-order valence-corrected chi connectivity index (χ3v) is 4.82. The van der Waals surface area contributed by atoms with Gasteiger partial charge in [-0.3, -0.25) is 0 Å². The first-order chi connectivity index (χ1) is 9.28. The van der Waals surface area contributed by atoms with Crippen molar-refractivity contribution in [3.63, 3.8) is 0 Å². The summed E-state index contributed by atoms with van der Waals surface area (Å²) in [6, 6.07) is 11.8. The average Bonchev–Trinajstić information content (AvgIpc) is 3.08. The van der Waals surface area contributed by atoms with E-state index >= 15 is 0 Å². The summed E-state index contributed by atoms with van der Waals surface area (Å²) in [5, 5.41) is 3.03. The Hall–Kier alpha value is -1.85. The number of ether oxygens (including phenoxy) is 1. The number of hydrogen-bond acceptors (Lipinski definition) is 5. The molecule has 0 spiro atoms. The van der Waals surface area contributed by atoms with E-state index in [0.29, 0.717) is 5.88 Å². The highest BCUT2D eigenvalue weighted by atomic mass is 32.1. The molecule has 5 heteroatoms. The number of nitrogens with zero attached hydrogens (tertiary/aromatic N) is 1. The number of nitrogens with two attached hydrogens (primary N) is 1. The number of aromatic nitrogens is 1. The second-order valence-corrected chi connectivity index (χ2v) is 5.90. The van der Waals surface area contributed by atoms with E-state index in [-0.39, 0.29) is 0 Å². The molecule has 0 saturated heterocycles. The van der Waals surface area contributed by atoms with Gasteiger partial charge in [0, 0.05) is 5.69 Å². The number of nitrogen functional groups attached to an aromatic ring is 1. The Kier molecular flexibility index (Phi) is 3.23. The van der Waals surface area contributed by atoms with Crippen LogP contribution in [0.1, 0.15) is 0 Å². The first-order valence-corrected chi connectivity index (χ1v) is 7.42. The summed E-state index contributed by atoms with van der Waals surface area (Å²) < 4.78 is 5.38. The van der Waals surface area contributed by atoms with Crippen molar-refractivity contribution in [1.29, 1.82) is 0 Å². The normalized spacial score (nSPS) is 10.6. The Morgan fingerprint density at radius 3 is 2.58 bits per heavy atom.